The normalized spacial score (nSPS) is 11.3. The smallest absolute Gasteiger partial charge is 0.166 e. The Morgan fingerprint density at radius 2 is 2.00 bits per heavy atom. The van der Waals surface area contributed by atoms with Gasteiger partial charge in [-0.2, -0.15) is 0 Å². The first-order valence-corrected chi connectivity index (χ1v) is 8.20. The Morgan fingerprint density at radius 3 is 2.58 bits per heavy atom. The van der Waals surface area contributed by atoms with Crippen molar-refractivity contribution < 1.29 is 23.0 Å². The van der Waals surface area contributed by atoms with Crippen LogP contribution in [0, 0.1) is 0 Å². The zero-order valence-corrected chi connectivity index (χ0v) is 12.1. The fourth-order valence-corrected chi connectivity index (χ4v) is 2.26. The number of rotatable bonds is 8. The third kappa shape index (κ3) is 5.48. The van der Waals surface area contributed by atoms with Crippen molar-refractivity contribution in [3.8, 4) is 11.5 Å². The molecule has 1 N–H and O–H groups in total. The lowest BCUT2D eigenvalue weighted by atomic mass is 10.2. The highest BCUT2D eigenvalue weighted by atomic mass is 32.2. The summed E-state index contributed by atoms with van der Waals surface area (Å²) in [4.78, 5) is 0. The van der Waals surface area contributed by atoms with E-state index in [-0.39, 0.29) is 19.0 Å². The van der Waals surface area contributed by atoms with Crippen LogP contribution in [0.15, 0.2) is 18.2 Å². The van der Waals surface area contributed by atoms with Crippen molar-refractivity contribution in [2.45, 2.75) is 20.0 Å². The molecule has 0 spiro atoms. The largest absolute Gasteiger partial charge is 0.490 e. The SMILES string of the molecule is CCOc1cccc(CO)c1OCCCS(C)(=O)=O. The molecule has 0 atom stereocenters. The highest BCUT2D eigenvalue weighted by Gasteiger charge is 2.11. The highest BCUT2D eigenvalue weighted by molar-refractivity contribution is 7.90. The Bertz CT molecular complexity index is 496. The van der Waals surface area contributed by atoms with Crippen molar-refractivity contribution in [2.24, 2.45) is 0 Å². The van der Waals surface area contributed by atoms with Gasteiger partial charge in [0.05, 0.1) is 25.6 Å². The predicted molar refractivity (Wildman–Crippen MR) is 73.4 cm³/mol. The second kappa shape index (κ2) is 7.35. The van der Waals surface area contributed by atoms with Crippen molar-refractivity contribution >= 4 is 9.84 Å². The summed E-state index contributed by atoms with van der Waals surface area (Å²) in [5.41, 5.74) is 0.630. The van der Waals surface area contributed by atoms with Crippen molar-refractivity contribution in [3.05, 3.63) is 23.8 Å². The van der Waals surface area contributed by atoms with Gasteiger partial charge in [-0.1, -0.05) is 12.1 Å². The van der Waals surface area contributed by atoms with Gasteiger partial charge < -0.3 is 14.6 Å². The molecule has 6 heteroatoms. The fourth-order valence-electron chi connectivity index (χ4n) is 1.61. The van der Waals surface area contributed by atoms with E-state index in [0.717, 1.165) is 0 Å². The number of para-hydroxylation sites is 1. The number of aliphatic hydroxyl groups excluding tert-OH is 1. The molecule has 0 aliphatic carbocycles. The van der Waals surface area contributed by atoms with Gasteiger partial charge in [0, 0.05) is 11.8 Å². The van der Waals surface area contributed by atoms with Crippen molar-refractivity contribution in [2.75, 3.05) is 25.2 Å². The number of hydrogen-bond donors (Lipinski definition) is 1. The minimum Gasteiger partial charge on any atom is -0.490 e. The van der Waals surface area contributed by atoms with E-state index in [1.54, 1.807) is 18.2 Å². The first kappa shape index (κ1) is 15.8. The van der Waals surface area contributed by atoms with Gasteiger partial charge in [-0.25, -0.2) is 8.42 Å². The standard InChI is InChI=1S/C13H20O5S/c1-3-17-12-7-4-6-11(10-14)13(12)18-8-5-9-19(2,15)16/h4,6-7,14H,3,5,8-10H2,1-2H3. The molecule has 0 unspecified atom stereocenters. The molecule has 0 radical (unpaired) electrons. The average Bonchev–Trinajstić information content (AvgIpc) is 2.35. The van der Waals surface area contributed by atoms with Crippen LogP contribution in [0.1, 0.15) is 18.9 Å². The lowest BCUT2D eigenvalue weighted by Gasteiger charge is -2.14. The zero-order chi connectivity index (χ0) is 14.3. The highest BCUT2D eigenvalue weighted by Crippen LogP contribution is 2.31. The fraction of sp³-hybridized carbons (Fsp3) is 0.538. The number of aliphatic hydroxyl groups is 1. The van der Waals surface area contributed by atoms with Crippen LogP contribution in [-0.2, 0) is 16.4 Å². The van der Waals surface area contributed by atoms with E-state index in [2.05, 4.69) is 0 Å². The molecule has 0 aliphatic heterocycles. The first-order chi connectivity index (χ1) is 8.98. The second-order valence-electron chi connectivity index (χ2n) is 4.17. The molecule has 0 saturated carbocycles. The van der Waals surface area contributed by atoms with Gasteiger partial charge in [0.1, 0.15) is 9.84 Å². The third-order valence-corrected chi connectivity index (χ3v) is 3.47. The van der Waals surface area contributed by atoms with Crippen LogP contribution in [0.3, 0.4) is 0 Å². The summed E-state index contributed by atoms with van der Waals surface area (Å²) in [6.45, 7) is 2.47. The Morgan fingerprint density at radius 1 is 1.26 bits per heavy atom. The third-order valence-electron chi connectivity index (χ3n) is 2.44. The molecule has 0 aliphatic rings. The Balaban J connectivity index is 2.69. The molecule has 0 saturated heterocycles. The number of hydrogen-bond acceptors (Lipinski definition) is 5. The summed E-state index contributed by atoms with van der Waals surface area (Å²) >= 11 is 0. The maximum atomic E-state index is 11.0. The molecular formula is C13H20O5S. The van der Waals surface area contributed by atoms with Crippen LogP contribution < -0.4 is 9.47 Å². The van der Waals surface area contributed by atoms with Gasteiger partial charge in [0.2, 0.25) is 0 Å². The maximum absolute atomic E-state index is 11.0. The first-order valence-electron chi connectivity index (χ1n) is 6.14. The van der Waals surface area contributed by atoms with Crippen molar-refractivity contribution in [1.82, 2.24) is 0 Å². The van der Waals surface area contributed by atoms with Crippen molar-refractivity contribution in [3.63, 3.8) is 0 Å². The molecule has 0 amide bonds. The maximum Gasteiger partial charge on any atom is 0.166 e. The van der Waals surface area contributed by atoms with E-state index in [0.29, 0.717) is 30.1 Å². The summed E-state index contributed by atoms with van der Waals surface area (Å²) < 4.78 is 33.0. The van der Waals surface area contributed by atoms with Crippen LogP contribution in [0.25, 0.3) is 0 Å². The molecule has 5 nitrogen and oxygen atoms in total. The minimum absolute atomic E-state index is 0.0816. The number of ether oxygens (including phenoxy) is 2. The van der Waals surface area contributed by atoms with E-state index in [1.165, 1.54) is 6.26 Å². The zero-order valence-electron chi connectivity index (χ0n) is 11.3. The molecular weight excluding hydrogens is 268 g/mol. The molecule has 1 aromatic rings. The molecule has 1 aromatic carbocycles. The molecule has 0 aromatic heterocycles. The number of benzene rings is 1. The second-order valence-corrected chi connectivity index (χ2v) is 6.43. The van der Waals surface area contributed by atoms with E-state index >= 15 is 0 Å². The van der Waals surface area contributed by atoms with Crippen LogP contribution in [-0.4, -0.2) is 38.7 Å². The van der Waals surface area contributed by atoms with Crippen molar-refractivity contribution in [1.29, 1.82) is 0 Å². The summed E-state index contributed by atoms with van der Waals surface area (Å²) in [6.07, 6.45) is 1.60. The monoisotopic (exact) mass is 288 g/mol. The Kier molecular flexibility index (Phi) is 6.11. The van der Waals surface area contributed by atoms with E-state index in [9.17, 15) is 13.5 Å². The van der Waals surface area contributed by atoms with Gasteiger partial charge in [-0.3, -0.25) is 0 Å². The Hall–Kier alpha value is -1.27. The van der Waals surface area contributed by atoms with E-state index < -0.39 is 9.84 Å². The Labute approximate surface area is 114 Å². The summed E-state index contributed by atoms with van der Waals surface area (Å²) in [5.74, 6) is 1.13. The van der Waals surface area contributed by atoms with Crippen LogP contribution >= 0.6 is 0 Å². The molecule has 108 valence electrons. The summed E-state index contributed by atoms with van der Waals surface area (Å²) in [6, 6.07) is 5.28. The molecule has 19 heavy (non-hydrogen) atoms. The van der Waals surface area contributed by atoms with Crippen LogP contribution in [0.4, 0.5) is 0 Å². The minimum atomic E-state index is -2.98. The molecule has 0 fully saturated rings. The van der Waals surface area contributed by atoms with Crippen LogP contribution in [0.5, 0.6) is 11.5 Å². The van der Waals surface area contributed by atoms with Crippen LogP contribution in [0.2, 0.25) is 0 Å². The molecule has 1 rings (SSSR count). The van der Waals surface area contributed by atoms with Gasteiger partial charge in [0.25, 0.3) is 0 Å². The number of sulfone groups is 1. The summed E-state index contributed by atoms with van der Waals surface area (Å²) in [7, 11) is -2.98. The van der Waals surface area contributed by atoms with Gasteiger partial charge in [-0.05, 0) is 19.4 Å². The van der Waals surface area contributed by atoms with E-state index in [4.69, 9.17) is 9.47 Å². The lowest BCUT2D eigenvalue weighted by Crippen LogP contribution is -2.09. The lowest BCUT2D eigenvalue weighted by molar-refractivity contribution is 0.248. The predicted octanol–water partition coefficient (Wildman–Crippen LogP) is 1.39. The quantitative estimate of drug-likeness (QED) is 0.732. The topological polar surface area (TPSA) is 72.8 Å². The summed E-state index contributed by atoms with van der Waals surface area (Å²) in [5, 5.41) is 9.27. The molecule has 0 bridgehead atoms. The van der Waals surface area contributed by atoms with E-state index in [1.807, 2.05) is 6.92 Å². The van der Waals surface area contributed by atoms with Gasteiger partial charge in [-0.15, -0.1) is 0 Å². The molecule has 0 heterocycles. The average molecular weight is 288 g/mol. The van der Waals surface area contributed by atoms with Gasteiger partial charge in [0.15, 0.2) is 11.5 Å². The van der Waals surface area contributed by atoms with Gasteiger partial charge >= 0.3 is 0 Å².